The van der Waals surface area contributed by atoms with Crippen LogP contribution in [0.1, 0.15) is 45.6 Å². The van der Waals surface area contributed by atoms with Crippen molar-refractivity contribution < 1.29 is 18.3 Å². The van der Waals surface area contributed by atoms with E-state index in [1.165, 1.54) is 12.1 Å². The standard InChI is InChI=1S/C26H18N4O6/c1-11-7-17-21(25(31)33-11)19(15(9-27)23(29)35-17)13-3-5-14(6-4-13)20-16(10-28)24(30)36-18-8-12(2)34-26(32)22(18)20/h3-8,19-20H,29-30H2,1-2H3. The average Bonchev–Trinajstić information content (AvgIpc) is 2.82. The van der Waals surface area contributed by atoms with Gasteiger partial charge in [-0.2, -0.15) is 10.5 Å². The van der Waals surface area contributed by atoms with E-state index in [1.54, 1.807) is 38.1 Å². The summed E-state index contributed by atoms with van der Waals surface area (Å²) in [4.78, 5) is 25.5. The molecule has 2 aliphatic heterocycles. The molecule has 0 amide bonds. The van der Waals surface area contributed by atoms with E-state index < -0.39 is 23.1 Å². The zero-order valence-corrected chi connectivity index (χ0v) is 19.1. The molecule has 0 spiro atoms. The summed E-state index contributed by atoms with van der Waals surface area (Å²) >= 11 is 0. The van der Waals surface area contributed by atoms with E-state index in [0.29, 0.717) is 22.6 Å². The summed E-state index contributed by atoms with van der Waals surface area (Å²) < 4.78 is 21.6. The van der Waals surface area contributed by atoms with Crippen molar-refractivity contribution in [1.82, 2.24) is 0 Å². The van der Waals surface area contributed by atoms with Crippen LogP contribution in [0.3, 0.4) is 0 Å². The van der Waals surface area contributed by atoms with Gasteiger partial charge in [0, 0.05) is 12.1 Å². The van der Waals surface area contributed by atoms with Crippen molar-refractivity contribution in [1.29, 1.82) is 10.5 Å². The maximum absolute atomic E-state index is 12.7. The smallest absolute Gasteiger partial charge is 0.343 e. The van der Waals surface area contributed by atoms with Crippen molar-refractivity contribution in [2.75, 3.05) is 0 Å². The first-order chi connectivity index (χ1) is 17.2. The summed E-state index contributed by atoms with van der Waals surface area (Å²) in [7, 11) is 0. The second-order valence-corrected chi connectivity index (χ2v) is 8.36. The fraction of sp³-hybridized carbons (Fsp3) is 0.154. The van der Waals surface area contributed by atoms with Crippen molar-refractivity contribution in [2.24, 2.45) is 11.5 Å². The number of hydrogen-bond donors (Lipinski definition) is 2. The summed E-state index contributed by atoms with van der Waals surface area (Å²) in [6, 6.07) is 13.8. The number of allylic oxidation sites excluding steroid dienone is 2. The van der Waals surface area contributed by atoms with E-state index in [4.69, 9.17) is 29.8 Å². The number of hydrogen-bond acceptors (Lipinski definition) is 10. The predicted octanol–water partition coefficient (Wildman–Crippen LogP) is 2.65. The quantitative estimate of drug-likeness (QED) is 0.551. The predicted molar refractivity (Wildman–Crippen MR) is 124 cm³/mol. The number of rotatable bonds is 2. The monoisotopic (exact) mass is 482 g/mol. The maximum Gasteiger partial charge on any atom is 0.343 e. The molecule has 2 atom stereocenters. The van der Waals surface area contributed by atoms with Crippen molar-refractivity contribution in [3.8, 4) is 23.6 Å². The Kier molecular flexibility index (Phi) is 5.15. The summed E-state index contributed by atoms with van der Waals surface area (Å²) in [5, 5.41) is 19.5. The van der Waals surface area contributed by atoms with Gasteiger partial charge < -0.3 is 29.8 Å². The number of ether oxygens (including phenoxy) is 2. The van der Waals surface area contributed by atoms with Crippen LogP contribution >= 0.6 is 0 Å². The maximum atomic E-state index is 12.7. The molecule has 0 aliphatic carbocycles. The lowest BCUT2D eigenvalue weighted by molar-refractivity contribution is 0.370. The van der Waals surface area contributed by atoms with Gasteiger partial charge in [-0.15, -0.1) is 0 Å². The van der Waals surface area contributed by atoms with Crippen LogP contribution in [0, 0.1) is 36.5 Å². The number of nitrogens with zero attached hydrogens (tertiary/aromatic N) is 2. The zero-order valence-electron chi connectivity index (χ0n) is 19.1. The van der Waals surface area contributed by atoms with Crippen LogP contribution in [0.5, 0.6) is 11.5 Å². The molecule has 2 unspecified atom stereocenters. The third kappa shape index (κ3) is 3.40. The molecule has 1 aromatic carbocycles. The molecule has 2 aliphatic rings. The lowest BCUT2D eigenvalue weighted by atomic mass is 9.81. The molecule has 10 heteroatoms. The van der Waals surface area contributed by atoms with Crippen LogP contribution in [0.4, 0.5) is 0 Å². The van der Waals surface area contributed by atoms with E-state index >= 15 is 0 Å². The molecule has 0 bridgehead atoms. The van der Waals surface area contributed by atoms with E-state index in [1.807, 2.05) is 12.1 Å². The van der Waals surface area contributed by atoms with Gasteiger partial charge in [0.25, 0.3) is 0 Å². The second kappa shape index (κ2) is 8.22. The molecule has 3 aromatic rings. The van der Waals surface area contributed by atoms with Crippen molar-refractivity contribution in [3.63, 3.8) is 0 Å². The third-order valence-corrected chi connectivity index (χ3v) is 6.12. The molecule has 0 radical (unpaired) electrons. The van der Waals surface area contributed by atoms with Gasteiger partial charge in [0.15, 0.2) is 0 Å². The topological polar surface area (TPSA) is 178 Å². The van der Waals surface area contributed by atoms with Gasteiger partial charge in [0.2, 0.25) is 11.8 Å². The van der Waals surface area contributed by atoms with Gasteiger partial charge in [-0.05, 0) is 25.0 Å². The molecule has 4 heterocycles. The molecular weight excluding hydrogens is 464 g/mol. The minimum atomic E-state index is -0.838. The summed E-state index contributed by atoms with van der Waals surface area (Å²) in [6.07, 6.45) is 0. The van der Waals surface area contributed by atoms with Crippen LogP contribution in [0.2, 0.25) is 0 Å². The highest BCUT2D eigenvalue weighted by atomic mass is 16.5. The van der Waals surface area contributed by atoms with E-state index in [0.717, 1.165) is 0 Å². The molecule has 0 saturated carbocycles. The first-order valence-electron chi connectivity index (χ1n) is 10.8. The van der Waals surface area contributed by atoms with Crippen LogP contribution in [-0.4, -0.2) is 0 Å². The molecule has 0 saturated heterocycles. The van der Waals surface area contributed by atoms with Crippen molar-refractivity contribution >= 4 is 0 Å². The van der Waals surface area contributed by atoms with E-state index in [2.05, 4.69) is 0 Å². The Morgan fingerprint density at radius 2 is 1.08 bits per heavy atom. The van der Waals surface area contributed by atoms with E-state index in [-0.39, 0.29) is 45.5 Å². The van der Waals surface area contributed by atoms with E-state index in [9.17, 15) is 20.1 Å². The van der Waals surface area contributed by atoms with Gasteiger partial charge in [0.05, 0.1) is 23.0 Å². The molecule has 178 valence electrons. The number of nitriles is 2. The molecule has 4 N–H and O–H groups in total. The second-order valence-electron chi connectivity index (χ2n) is 8.36. The molecule has 0 fully saturated rings. The molecular formula is C26H18N4O6. The number of aryl methyl sites for hydroxylation is 2. The van der Waals surface area contributed by atoms with Crippen LogP contribution in [0.15, 0.2) is 77.7 Å². The van der Waals surface area contributed by atoms with Gasteiger partial charge in [-0.3, -0.25) is 0 Å². The van der Waals surface area contributed by atoms with Gasteiger partial charge >= 0.3 is 11.3 Å². The Bertz CT molecular complexity index is 1570. The molecule has 10 nitrogen and oxygen atoms in total. The third-order valence-electron chi connectivity index (χ3n) is 6.12. The number of fused-ring (bicyclic) bond motifs is 2. The van der Waals surface area contributed by atoms with Crippen molar-refractivity contribution in [3.05, 3.63) is 114 Å². The Hall–Kier alpha value is -5.22. The normalized spacial score (nSPS) is 18.3. The lowest BCUT2D eigenvalue weighted by Gasteiger charge is -2.27. The van der Waals surface area contributed by atoms with Gasteiger partial charge in [0.1, 0.15) is 46.3 Å². The fourth-order valence-corrected chi connectivity index (χ4v) is 4.58. The van der Waals surface area contributed by atoms with Gasteiger partial charge in [-0.1, -0.05) is 24.3 Å². The Morgan fingerprint density at radius 1 is 0.722 bits per heavy atom. The lowest BCUT2D eigenvalue weighted by Crippen LogP contribution is -2.27. The minimum Gasteiger partial charge on any atom is -0.440 e. The molecule has 5 rings (SSSR count). The number of nitrogens with two attached hydrogens (primary N) is 2. The van der Waals surface area contributed by atoms with Crippen LogP contribution in [0.25, 0.3) is 0 Å². The first kappa shape index (κ1) is 22.6. The average molecular weight is 482 g/mol. The SMILES string of the molecule is Cc1cc2c(c(=O)o1)C(c1ccc(C3C(C#N)=C(N)Oc4cc(C)oc(=O)c43)cc1)C(C#N)=C(N)O2. The Labute approximate surface area is 203 Å². The summed E-state index contributed by atoms with van der Waals surface area (Å²) in [5.74, 6) is -0.809. The van der Waals surface area contributed by atoms with Gasteiger partial charge in [-0.25, -0.2) is 9.59 Å². The van der Waals surface area contributed by atoms with Crippen molar-refractivity contribution in [2.45, 2.75) is 25.7 Å². The molecule has 36 heavy (non-hydrogen) atoms. The van der Waals surface area contributed by atoms with Crippen LogP contribution in [-0.2, 0) is 0 Å². The first-order valence-corrected chi connectivity index (χ1v) is 10.8. The largest absolute Gasteiger partial charge is 0.440 e. The number of benzene rings is 1. The van der Waals surface area contributed by atoms with Crippen LogP contribution < -0.4 is 32.2 Å². The highest BCUT2D eigenvalue weighted by Gasteiger charge is 2.36. The highest BCUT2D eigenvalue weighted by molar-refractivity contribution is 5.57. The summed E-state index contributed by atoms with van der Waals surface area (Å²) in [6.45, 7) is 3.20. The minimum absolute atomic E-state index is 0.0563. The zero-order chi connectivity index (χ0) is 25.7. The Balaban J connectivity index is 1.66. The molecule has 2 aromatic heterocycles. The fourth-order valence-electron chi connectivity index (χ4n) is 4.58. The highest BCUT2D eigenvalue weighted by Crippen LogP contribution is 2.43. The summed E-state index contributed by atoms with van der Waals surface area (Å²) in [5.41, 5.74) is 12.2. The Morgan fingerprint density at radius 3 is 1.42 bits per heavy atom.